The van der Waals surface area contributed by atoms with Gasteiger partial charge in [0, 0.05) is 5.92 Å². The number of hydrogen-bond donors (Lipinski definition) is 1. The summed E-state index contributed by atoms with van der Waals surface area (Å²) < 4.78 is 24.4. The van der Waals surface area contributed by atoms with Gasteiger partial charge in [-0.3, -0.25) is 4.79 Å². The number of rotatable bonds is 6. The molecule has 126 valence electrons. The number of para-hydroxylation sites is 1. The quantitative estimate of drug-likeness (QED) is 0.652. The third kappa shape index (κ3) is 3.82. The van der Waals surface area contributed by atoms with Crippen molar-refractivity contribution < 1.29 is 18.3 Å². The van der Waals surface area contributed by atoms with Crippen LogP contribution in [0.25, 0.3) is 0 Å². The van der Waals surface area contributed by atoms with Crippen LogP contribution in [0.15, 0.2) is 45.9 Å². The normalized spacial score (nSPS) is 20.8. The number of benzene rings is 1. The molecule has 0 radical (unpaired) electrons. The first kappa shape index (κ1) is 16.2. The van der Waals surface area contributed by atoms with E-state index in [1.165, 1.54) is 25.3 Å². The second-order valence-electron chi connectivity index (χ2n) is 5.98. The maximum Gasteiger partial charge on any atom is 0.280 e. The van der Waals surface area contributed by atoms with Gasteiger partial charge in [-0.05, 0) is 43.5 Å². The molecule has 3 atom stereocenters. The van der Waals surface area contributed by atoms with Crippen LogP contribution in [-0.2, 0) is 4.79 Å². The van der Waals surface area contributed by atoms with E-state index >= 15 is 0 Å². The fraction of sp³-hybridized carbons (Fsp3) is 0.333. The van der Waals surface area contributed by atoms with Gasteiger partial charge in [-0.15, -0.1) is 0 Å². The summed E-state index contributed by atoms with van der Waals surface area (Å²) >= 11 is 0. The second-order valence-corrected chi connectivity index (χ2v) is 5.98. The average molecular weight is 330 g/mol. The summed E-state index contributed by atoms with van der Waals surface area (Å²) in [4.78, 5) is 11.9. The minimum absolute atomic E-state index is 0.0263. The van der Waals surface area contributed by atoms with Gasteiger partial charge in [0.15, 0.2) is 17.7 Å². The van der Waals surface area contributed by atoms with Crippen molar-refractivity contribution in [3.8, 4) is 5.75 Å². The number of halogens is 1. The van der Waals surface area contributed by atoms with Gasteiger partial charge >= 0.3 is 0 Å². The summed E-state index contributed by atoms with van der Waals surface area (Å²) in [5.41, 5.74) is 2.36. The van der Waals surface area contributed by atoms with Crippen molar-refractivity contribution in [2.24, 2.45) is 11.0 Å². The molecule has 0 saturated heterocycles. The topological polar surface area (TPSA) is 63.8 Å². The van der Waals surface area contributed by atoms with Crippen molar-refractivity contribution in [2.45, 2.75) is 32.3 Å². The molecule has 3 rings (SSSR count). The van der Waals surface area contributed by atoms with Gasteiger partial charge in [-0.2, -0.15) is 5.10 Å². The lowest BCUT2D eigenvalue weighted by molar-refractivity contribution is -0.127. The number of hydrogen-bond acceptors (Lipinski definition) is 4. The molecule has 5 nitrogen and oxygen atoms in total. The Kier molecular flexibility index (Phi) is 4.64. The molecule has 0 bridgehead atoms. The number of nitrogens with one attached hydrogen (secondary N) is 1. The first-order valence-corrected chi connectivity index (χ1v) is 7.88. The molecule has 1 amide bonds. The van der Waals surface area contributed by atoms with Crippen molar-refractivity contribution in [1.29, 1.82) is 0 Å². The molecule has 1 aliphatic rings. The van der Waals surface area contributed by atoms with E-state index in [9.17, 15) is 9.18 Å². The van der Waals surface area contributed by atoms with Crippen LogP contribution in [-0.4, -0.2) is 18.2 Å². The van der Waals surface area contributed by atoms with E-state index in [0.29, 0.717) is 17.6 Å². The predicted molar refractivity (Wildman–Crippen MR) is 87.5 cm³/mol. The second kappa shape index (κ2) is 6.86. The number of ether oxygens (including phenoxy) is 1. The molecule has 0 unspecified atom stereocenters. The van der Waals surface area contributed by atoms with E-state index in [0.717, 1.165) is 12.2 Å². The molecule has 1 saturated carbocycles. The zero-order chi connectivity index (χ0) is 17.1. The molecule has 0 spiro atoms. The third-order valence-electron chi connectivity index (χ3n) is 4.00. The lowest BCUT2D eigenvalue weighted by Gasteiger charge is -2.13. The Morgan fingerprint density at radius 3 is 2.88 bits per heavy atom. The standard InChI is InChI=1S/C18H19FN2O3/c1-11-9-14(11)16-8-7-13(24-16)10-20-21-18(22)12(2)23-17-6-4-3-5-15(17)19/h3-8,10-12,14H,9H2,1-2H3,(H,21,22)/b20-10-/t11-,12+,14+/m0/s1. The van der Waals surface area contributed by atoms with E-state index in [2.05, 4.69) is 17.5 Å². The molecule has 1 fully saturated rings. The van der Waals surface area contributed by atoms with Gasteiger partial charge in [0.25, 0.3) is 5.91 Å². The molecule has 24 heavy (non-hydrogen) atoms. The molecule has 1 heterocycles. The third-order valence-corrected chi connectivity index (χ3v) is 4.00. The number of nitrogens with zero attached hydrogens (tertiary/aromatic N) is 1. The summed E-state index contributed by atoms with van der Waals surface area (Å²) in [6, 6.07) is 9.67. The van der Waals surface area contributed by atoms with Gasteiger partial charge < -0.3 is 9.15 Å². The zero-order valence-corrected chi connectivity index (χ0v) is 13.5. The van der Waals surface area contributed by atoms with E-state index in [-0.39, 0.29) is 5.75 Å². The maximum atomic E-state index is 13.5. The fourth-order valence-electron chi connectivity index (χ4n) is 2.39. The fourth-order valence-corrected chi connectivity index (χ4v) is 2.39. The monoisotopic (exact) mass is 330 g/mol. The molecule has 1 aromatic heterocycles. The Balaban J connectivity index is 1.51. The molecule has 6 heteroatoms. The van der Waals surface area contributed by atoms with Crippen LogP contribution < -0.4 is 10.2 Å². The number of hydrazone groups is 1. The highest BCUT2D eigenvalue weighted by molar-refractivity contribution is 5.83. The van der Waals surface area contributed by atoms with Crippen molar-refractivity contribution in [3.05, 3.63) is 53.7 Å². The Hall–Kier alpha value is -2.63. The maximum absolute atomic E-state index is 13.5. The van der Waals surface area contributed by atoms with Gasteiger partial charge in [-0.25, -0.2) is 9.82 Å². The van der Waals surface area contributed by atoms with Crippen LogP contribution in [0.3, 0.4) is 0 Å². The highest BCUT2D eigenvalue weighted by atomic mass is 19.1. The number of amides is 1. The summed E-state index contributed by atoms with van der Waals surface area (Å²) in [5, 5.41) is 3.85. The highest BCUT2D eigenvalue weighted by Gasteiger charge is 2.36. The lowest BCUT2D eigenvalue weighted by Crippen LogP contribution is -2.33. The highest BCUT2D eigenvalue weighted by Crippen LogP contribution is 2.47. The number of carbonyl (C=O) groups is 1. The van der Waals surface area contributed by atoms with Gasteiger partial charge in [0.05, 0.1) is 6.21 Å². The summed E-state index contributed by atoms with van der Waals surface area (Å²) in [7, 11) is 0. The lowest BCUT2D eigenvalue weighted by atomic mass is 10.3. The molecule has 1 aromatic carbocycles. The van der Waals surface area contributed by atoms with E-state index in [4.69, 9.17) is 9.15 Å². The summed E-state index contributed by atoms with van der Waals surface area (Å²) in [6.07, 6.45) is 1.70. The van der Waals surface area contributed by atoms with Crippen LogP contribution in [0.4, 0.5) is 4.39 Å². The van der Waals surface area contributed by atoms with E-state index < -0.39 is 17.8 Å². The minimum Gasteiger partial charge on any atom is -0.478 e. The van der Waals surface area contributed by atoms with Gasteiger partial charge in [0.2, 0.25) is 0 Å². The number of carbonyl (C=O) groups excluding carboxylic acids is 1. The first-order chi connectivity index (χ1) is 11.5. The minimum atomic E-state index is -0.876. The van der Waals surface area contributed by atoms with Crippen LogP contribution >= 0.6 is 0 Å². The van der Waals surface area contributed by atoms with Crippen molar-refractivity contribution in [2.75, 3.05) is 0 Å². The average Bonchev–Trinajstić information content (AvgIpc) is 3.10. The molecule has 1 N–H and O–H groups in total. The Morgan fingerprint density at radius 2 is 2.17 bits per heavy atom. The molecule has 0 aliphatic heterocycles. The van der Waals surface area contributed by atoms with Crippen LogP contribution in [0.5, 0.6) is 5.75 Å². The first-order valence-electron chi connectivity index (χ1n) is 7.88. The van der Waals surface area contributed by atoms with Gasteiger partial charge in [0.1, 0.15) is 11.5 Å². The Morgan fingerprint density at radius 1 is 1.42 bits per heavy atom. The molecular weight excluding hydrogens is 311 g/mol. The smallest absolute Gasteiger partial charge is 0.280 e. The van der Waals surface area contributed by atoms with Crippen molar-refractivity contribution >= 4 is 12.1 Å². The van der Waals surface area contributed by atoms with Crippen molar-refractivity contribution in [3.63, 3.8) is 0 Å². The Labute approximate surface area is 139 Å². The van der Waals surface area contributed by atoms with E-state index in [1.807, 2.05) is 12.1 Å². The largest absolute Gasteiger partial charge is 0.478 e. The van der Waals surface area contributed by atoms with Crippen LogP contribution in [0.2, 0.25) is 0 Å². The molecule has 2 aromatic rings. The van der Waals surface area contributed by atoms with Gasteiger partial charge in [-0.1, -0.05) is 19.1 Å². The number of furan rings is 1. The molecule has 1 aliphatic carbocycles. The van der Waals surface area contributed by atoms with Crippen LogP contribution in [0.1, 0.15) is 37.7 Å². The summed E-state index contributed by atoms with van der Waals surface area (Å²) in [6.45, 7) is 3.70. The summed E-state index contributed by atoms with van der Waals surface area (Å²) in [5.74, 6) is 1.72. The van der Waals surface area contributed by atoms with Crippen molar-refractivity contribution in [1.82, 2.24) is 5.43 Å². The SMILES string of the molecule is C[C@@H](Oc1ccccc1F)C(=O)N/N=C\c1ccc([C@@H]2C[C@@H]2C)o1. The Bertz CT molecular complexity index is 756. The molecular formula is C18H19FN2O3. The van der Waals surface area contributed by atoms with E-state index in [1.54, 1.807) is 12.1 Å². The zero-order valence-electron chi connectivity index (χ0n) is 13.5. The van der Waals surface area contributed by atoms with Crippen LogP contribution in [0, 0.1) is 11.7 Å². The predicted octanol–water partition coefficient (Wildman–Crippen LogP) is 3.46.